The fourth-order valence-corrected chi connectivity index (χ4v) is 3.62. The number of benzene rings is 2. The standard InChI is InChI=1S/C25H16F2N2O/c26-21-13-18-8-10-19(29-23(18)14-22(21)27)9-4-15-3-5-16-6-7-17-2-1-11-28-24(17)25(30)20(16)12-15/h1-14,25,30H/b9-4+. The summed E-state index contributed by atoms with van der Waals surface area (Å²) in [4.78, 5) is 8.71. The van der Waals surface area contributed by atoms with Gasteiger partial charge in [0.05, 0.1) is 16.9 Å². The van der Waals surface area contributed by atoms with Crippen molar-refractivity contribution in [2.75, 3.05) is 0 Å². The third-order valence-corrected chi connectivity index (χ3v) is 5.18. The maximum Gasteiger partial charge on any atom is 0.161 e. The first kappa shape index (κ1) is 18.3. The third-order valence-electron chi connectivity index (χ3n) is 5.18. The van der Waals surface area contributed by atoms with Gasteiger partial charge in [-0.05, 0) is 52.6 Å². The molecule has 4 aromatic rings. The summed E-state index contributed by atoms with van der Waals surface area (Å²) in [5.41, 5.74) is 5.11. The second-order valence-corrected chi connectivity index (χ2v) is 7.13. The molecule has 1 N–H and O–H groups in total. The highest BCUT2D eigenvalue weighted by molar-refractivity contribution is 5.81. The molecule has 30 heavy (non-hydrogen) atoms. The van der Waals surface area contributed by atoms with Crippen LogP contribution in [0.5, 0.6) is 0 Å². The van der Waals surface area contributed by atoms with Crippen LogP contribution in [0.4, 0.5) is 8.78 Å². The van der Waals surface area contributed by atoms with E-state index in [9.17, 15) is 13.9 Å². The van der Waals surface area contributed by atoms with Crippen molar-refractivity contribution in [1.82, 2.24) is 9.97 Å². The number of aliphatic hydroxyl groups is 1. The topological polar surface area (TPSA) is 46.0 Å². The van der Waals surface area contributed by atoms with E-state index in [1.165, 1.54) is 0 Å². The van der Waals surface area contributed by atoms with Crippen LogP contribution in [-0.2, 0) is 0 Å². The number of halogens is 2. The molecular formula is C25H16F2N2O. The van der Waals surface area contributed by atoms with Crippen molar-refractivity contribution < 1.29 is 13.9 Å². The number of nitrogens with zero attached hydrogens (tertiary/aromatic N) is 2. The smallest absolute Gasteiger partial charge is 0.161 e. The summed E-state index contributed by atoms with van der Waals surface area (Å²) >= 11 is 0. The van der Waals surface area contributed by atoms with Gasteiger partial charge in [-0.3, -0.25) is 4.98 Å². The molecule has 2 heterocycles. The van der Waals surface area contributed by atoms with E-state index in [4.69, 9.17) is 0 Å². The minimum Gasteiger partial charge on any atom is -0.382 e. The number of aliphatic hydroxyl groups excluding tert-OH is 1. The SMILES string of the molecule is OC1c2cc(/C=C/c3ccc4cc(F)c(F)cc4n3)ccc2C=Cc2cccnc21. The summed E-state index contributed by atoms with van der Waals surface area (Å²) in [7, 11) is 0. The molecule has 2 aromatic heterocycles. The maximum atomic E-state index is 13.5. The molecule has 0 saturated carbocycles. The zero-order valence-electron chi connectivity index (χ0n) is 15.8. The van der Waals surface area contributed by atoms with E-state index in [1.807, 2.05) is 48.6 Å². The molecule has 0 aliphatic heterocycles. The Bertz CT molecular complexity index is 1340. The van der Waals surface area contributed by atoms with Gasteiger partial charge in [-0.2, -0.15) is 0 Å². The normalized spacial score (nSPS) is 15.2. The molecule has 146 valence electrons. The third kappa shape index (κ3) is 3.29. The van der Waals surface area contributed by atoms with Crippen molar-refractivity contribution in [2.24, 2.45) is 0 Å². The summed E-state index contributed by atoms with van der Waals surface area (Å²) in [6.07, 6.45) is 8.44. The molecular weight excluding hydrogens is 382 g/mol. The highest BCUT2D eigenvalue weighted by Crippen LogP contribution is 2.32. The van der Waals surface area contributed by atoms with Crippen LogP contribution in [-0.4, -0.2) is 15.1 Å². The molecule has 2 aromatic carbocycles. The van der Waals surface area contributed by atoms with Crippen LogP contribution < -0.4 is 0 Å². The molecule has 3 nitrogen and oxygen atoms in total. The van der Waals surface area contributed by atoms with Crippen LogP contribution in [0.15, 0.2) is 60.8 Å². The van der Waals surface area contributed by atoms with Crippen LogP contribution >= 0.6 is 0 Å². The zero-order valence-corrected chi connectivity index (χ0v) is 15.8. The molecule has 0 amide bonds. The first-order valence-electron chi connectivity index (χ1n) is 9.47. The lowest BCUT2D eigenvalue weighted by atomic mass is 9.98. The van der Waals surface area contributed by atoms with Crippen LogP contribution in [0.3, 0.4) is 0 Å². The lowest BCUT2D eigenvalue weighted by Gasteiger charge is -2.14. The Balaban J connectivity index is 1.49. The van der Waals surface area contributed by atoms with Gasteiger partial charge in [0.25, 0.3) is 0 Å². The van der Waals surface area contributed by atoms with Crippen molar-refractivity contribution in [2.45, 2.75) is 6.10 Å². The Morgan fingerprint density at radius 3 is 2.60 bits per heavy atom. The Hall–Kier alpha value is -3.70. The van der Waals surface area contributed by atoms with Crippen LogP contribution in [0.1, 0.15) is 39.7 Å². The highest BCUT2D eigenvalue weighted by atomic mass is 19.2. The second kappa shape index (κ2) is 7.28. The van der Waals surface area contributed by atoms with E-state index in [1.54, 1.807) is 24.4 Å². The molecule has 1 atom stereocenters. The lowest BCUT2D eigenvalue weighted by Crippen LogP contribution is -2.05. The van der Waals surface area contributed by atoms with Crippen molar-refractivity contribution in [3.05, 3.63) is 106 Å². The van der Waals surface area contributed by atoms with E-state index in [2.05, 4.69) is 9.97 Å². The van der Waals surface area contributed by atoms with Gasteiger partial charge in [0.1, 0.15) is 6.10 Å². The molecule has 0 saturated heterocycles. The predicted octanol–water partition coefficient (Wildman–Crippen LogP) is 5.64. The maximum absolute atomic E-state index is 13.5. The van der Waals surface area contributed by atoms with Gasteiger partial charge in [0, 0.05) is 17.6 Å². The molecule has 1 unspecified atom stereocenters. The van der Waals surface area contributed by atoms with E-state index in [0.717, 1.165) is 34.4 Å². The largest absolute Gasteiger partial charge is 0.382 e. The van der Waals surface area contributed by atoms with E-state index >= 15 is 0 Å². The summed E-state index contributed by atoms with van der Waals surface area (Å²) in [6, 6.07) is 15.3. The quantitative estimate of drug-likeness (QED) is 0.475. The van der Waals surface area contributed by atoms with Gasteiger partial charge in [0.15, 0.2) is 11.6 Å². The molecule has 1 aliphatic rings. The molecule has 0 radical (unpaired) electrons. The molecule has 5 heteroatoms. The average Bonchev–Trinajstić information content (AvgIpc) is 2.90. The highest BCUT2D eigenvalue weighted by Gasteiger charge is 2.20. The Labute approximate surface area is 171 Å². The van der Waals surface area contributed by atoms with Gasteiger partial charge in [0.2, 0.25) is 0 Å². The zero-order chi connectivity index (χ0) is 20.7. The molecule has 5 rings (SSSR count). The van der Waals surface area contributed by atoms with Gasteiger partial charge < -0.3 is 5.11 Å². The lowest BCUT2D eigenvalue weighted by molar-refractivity contribution is 0.215. The average molecular weight is 398 g/mol. The van der Waals surface area contributed by atoms with Crippen molar-refractivity contribution in [3.63, 3.8) is 0 Å². The monoisotopic (exact) mass is 398 g/mol. The van der Waals surface area contributed by atoms with Crippen LogP contribution in [0.2, 0.25) is 0 Å². The molecule has 0 spiro atoms. The first-order chi connectivity index (χ1) is 14.6. The Morgan fingerprint density at radius 1 is 0.867 bits per heavy atom. The van der Waals surface area contributed by atoms with E-state index < -0.39 is 17.7 Å². The van der Waals surface area contributed by atoms with Crippen LogP contribution in [0, 0.1) is 11.6 Å². The number of hydrogen-bond donors (Lipinski definition) is 1. The number of aromatic nitrogens is 2. The number of hydrogen-bond acceptors (Lipinski definition) is 3. The predicted molar refractivity (Wildman–Crippen MR) is 114 cm³/mol. The Morgan fingerprint density at radius 2 is 1.70 bits per heavy atom. The van der Waals surface area contributed by atoms with Gasteiger partial charge >= 0.3 is 0 Å². The van der Waals surface area contributed by atoms with Gasteiger partial charge in [-0.25, -0.2) is 13.8 Å². The summed E-state index contributed by atoms with van der Waals surface area (Å²) < 4.78 is 26.9. The fraction of sp³-hybridized carbons (Fsp3) is 0.0400. The number of pyridine rings is 2. The minimum absolute atomic E-state index is 0.390. The number of rotatable bonds is 2. The van der Waals surface area contributed by atoms with Crippen molar-refractivity contribution in [1.29, 1.82) is 0 Å². The molecule has 0 fully saturated rings. The molecule has 1 aliphatic carbocycles. The van der Waals surface area contributed by atoms with Crippen LogP contribution in [0.25, 0.3) is 35.2 Å². The Kier molecular flexibility index (Phi) is 4.45. The first-order valence-corrected chi connectivity index (χ1v) is 9.47. The van der Waals surface area contributed by atoms with E-state index in [-0.39, 0.29) is 0 Å². The van der Waals surface area contributed by atoms with Crippen molar-refractivity contribution >= 4 is 35.2 Å². The fourth-order valence-electron chi connectivity index (χ4n) is 3.62. The number of fused-ring (bicyclic) bond motifs is 3. The van der Waals surface area contributed by atoms with Gasteiger partial charge in [-0.15, -0.1) is 0 Å². The molecule has 0 bridgehead atoms. The van der Waals surface area contributed by atoms with Gasteiger partial charge in [-0.1, -0.05) is 42.5 Å². The summed E-state index contributed by atoms with van der Waals surface area (Å²) in [5, 5.41) is 11.4. The van der Waals surface area contributed by atoms with E-state index in [0.29, 0.717) is 22.3 Å². The summed E-state index contributed by atoms with van der Waals surface area (Å²) in [5.74, 6) is -1.81. The summed E-state index contributed by atoms with van der Waals surface area (Å²) in [6.45, 7) is 0. The van der Waals surface area contributed by atoms with Crippen molar-refractivity contribution in [3.8, 4) is 0 Å². The second-order valence-electron chi connectivity index (χ2n) is 7.13. The minimum atomic E-state index is -0.919.